The number of fused-ring (bicyclic) bond motifs is 2. The van der Waals surface area contributed by atoms with Crippen LogP contribution in [0.3, 0.4) is 0 Å². The highest BCUT2D eigenvalue weighted by atomic mass is 16.5. The van der Waals surface area contributed by atoms with Gasteiger partial charge in [-0.1, -0.05) is 12.1 Å². The van der Waals surface area contributed by atoms with Crippen LogP contribution in [0, 0.1) is 13.8 Å². The van der Waals surface area contributed by atoms with E-state index in [9.17, 15) is 4.79 Å². The third-order valence-electron chi connectivity index (χ3n) is 4.79. The molecule has 1 amide bonds. The number of nitrogens with zero attached hydrogens (tertiary/aromatic N) is 4. The van der Waals surface area contributed by atoms with E-state index in [0.717, 1.165) is 29.9 Å². The van der Waals surface area contributed by atoms with Gasteiger partial charge in [-0.25, -0.2) is 9.97 Å². The summed E-state index contributed by atoms with van der Waals surface area (Å²) in [5.41, 5.74) is 2.70. The molecule has 4 heterocycles. The van der Waals surface area contributed by atoms with Crippen molar-refractivity contribution in [2.75, 3.05) is 13.1 Å². The quantitative estimate of drug-likeness (QED) is 0.856. The number of hydrogen-bond donors (Lipinski definition) is 0. The van der Waals surface area contributed by atoms with Gasteiger partial charge in [0.1, 0.15) is 22.7 Å². The molecule has 2 aromatic rings. The van der Waals surface area contributed by atoms with Crippen molar-refractivity contribution in [3.8, 4) is 0 Å². The van der Waals surface area contributed by atoms with E-state index in [-0.39, 0.29) is 5.91 Å². The number of amides is 1. The van der Waals surface area contributed by atoms with E-state index in [0.29, 0.717) is 36.7 Å². The minimum atomic E-state index is -0.450. The lowest BCUT2D eigenvalue weighted by molar-refractivity contribution is -0.126. The van der Waals surface area contributed by atoms with Gasteiger partial charge in [0.2, 0.25) is 0 Å². The minimum absolute atomic E-state index is 0.0579. The first-order valence-electron chi connectivity index (χ1n) is 8.25. The Morgan fingerprint density at radius 3 is 2.83 bits per heavy atom. The normalized spacial score (nSPS) is 17.9. The Kier molecular flexibility index (Phi) is 3.42. The maximum atomic E-state index is 12.7. The molecule has 2 aromatic heterocycles. The molecular formula is C17H20N4O3. The van der Waals surface area contributed by atoms with E-state index in [1.165, 1.54) is 0 Å². The van der Waals surface area contributed by atoms with Crippen molar-refractivity contribution in [1.29, 1.82) is 0 Å². The van der Waals surface area contributed by atoms with Crippen LogP contribution >= 0.6 is 0 Å². The van der Waals surface area contributed by atoms with Gasteiger partial charge in [-0.05, 0) is 20.3 Å². The predicted molar refractivity (Wildman–Crippen MR) is 84.4 cm³/mol. The molecule has 0 unspecified atom stereocenters. The van der Waals surface area contributed by atoms with E-state index >= 15 is 0 Å². The Balaban J connectivity index is 1.53. The van der Waals surface area contributed by atoms with Gasteiger partial charge in [0.05, 0.1) is 31.1 Å². The molecule has 2 aliphatic heterocycles. The summed E-state index contributed by atoms with van der Waals surface area (Å²) in [5, 5.41) is 3.86. The molecule has 0 saturated carbocycles. The number of carbonyl (C=O) groups is 1. The highest BCUT2D eigenvalue weighted by Gasteiger charge is 2.53. The Morgan fingerprint density at radius 1 is 1.38 bits per heavy atom. The topological polar surface area (TPSA) is 81.4 Å². The predicted octanol–water partition coefficient (Wildman–Crippen LogP) is 1.92. The molecule has 0 atom stereocenters. The number of ether oxygens (including phenoxy) is 1. The molecule has 24 heavy (non-hydrogen) atoms. The molecule has 0 radical (unpaired) electrons. The Morgan fingerprint density at radius 2 is 2.17 bits per heavy atom. The van der Waals surface area contributed by atoms with Crippen molar-refractivity contribution in [3.63, 3.8) is 0 Å². The molecule has 1 fully saturated rings. The molecular weight excluding hydrogens is 308 g/mol. The summed E-state index contributed by atoms with van der Waals surface area (Å²) in [6, 6.07) is 0. The summed E-state index contributed by atoms with van der Waals surface area (Å²) in [6.45, 7) is 7.16. The maximum Gasteiger partial charge on any atom is 0.259 e. The highest BCUT2D eigenvalue weighted by Crippen LogP contribution is 2.43. The van der Waals surface area contributed by atoms with Gasteiger partial charge in [-0.2, -0.15) is 0 Å². The van der Waals surface area contributed by atoms with Gasteiger partial charge < -0.3 is 14.2 Å². The molecule has 126 valence electrons. The smallest absolute Gasteiger partial charge is 0.259 e. The second-order valence-corrected chi connectivity index (χ2v) is 6.54. The molecule has 2 aliphatic rings. The lowest BCUT2D eigenvalue weighted by Crippen LogP contribution is -2.61. The zero-order valence-electron chi connectivity index (χ0n) is 14.1. The van der Waals surface area contributed by atoms with Crippen LogP contribution in [0.2, 0.25) is 0 Å². The van der Waals surface area contributed by atoms with Crippen LogP contribution in [-0.4, -0.2) is 39.0 Å². The summed E-state index contributed by atoms with van der Waals surface area (Å²) < 4.78 is 11.1. The summed E-state index contributed by atoms with van der Waals surface area (Å²) in [5.74, 6) is 1.36. The Bertz CT molecular complexity index is 789. The van der Waals surface area contributed by atoms with Crippen molar-refractivity contribution in [2.24, 2.45) is 0 Å². The first-order chi connectivity index (χ1) is 11.5. The van der Waals surface area contributed by atoms with Crippen LogP contribution in [0.4, 0.5) is 0 Å². The number of hydrogen-bond acceptors (Lipinski definition) is 6. The second kappa shape index (κ2) is 5.37. The number of rotatable bonds is 3. The number of aromatic nitrogens is 3. The van der Waals surface area contributed by atoms with Crippen LogP contribution in [-0.2, 0) is 23.4 Å². The van der Waals surface area contributed by atoms with Gasteiger partial charge in [-0.15, -0.1) is 0 Å². The lowest BCUT2D eigenvalue weighted by Gasteiger charge is -2.47. The van der Waals surface area contributed by atoms with Crippen LogP contribution in [0.5, 0.6) is 0 Å². The fourth-order valence-corrected chi connectivity index (χ4v) is 3.50. The summed E-state index contributed by atoms with van der Waals surface area (Å²) in [7, 11) is 0. The standard InChI is InChI=1S/C17H20N4O3/c1-4-5-14-18-6-12-13(19-14)7-23-17(12)8-21(9-17)16(22)15-10(2)20-24-11(15)3/h6H,4-5,7-9H2,1-3H3. The first-order valence-corrected chi connectivity index (χ1v) is 8.25. The number of likely N-dealkylation sites (tertiary alicyclic amines) is 1. The molecule has 1 spiro atoms. The van der Waals surface area contributed by atoms with E-state index in [2.05, 4.69) is 22.0 Å². The second-order valence-electron chi connectivity index (χ2n) is 6.54. The molecule has 7 heteroatoms. The van der Waals surface area contributed by atoms with Gasteiger partial charge >= 0.3 is 0 Å². The fraction of sp³-hybridized carbons (Fsp3) is 0.529. The van der Waals surface area contributed by atoms with Crippen molar-refractivity contribution in [1.82, 2.24) is 20.0 Å². The van der Waals surface area contributed by atoms with Gasteiger partial charge in [0, 0.05) is 18.2 Å². The van der Waals surface area contributed by atoms with E-state index < -0.39 is 5.60 Å². The third-order valence-corrected chi connectivity index (χ3v) is 4.79. The number of carbonyl (C=O) groups excluding carboxylic acids is 1. The minimum Gasteiger partial charge on any atom is -0.361 e. The van der Waals surface area contributed by atoms with Crippen LogP contribution in [0.25, 0.3) is 0 Å². The van der Waals surface area contributed by atoms with E-state index in [1.54, 1.807) is 18.7 Å². The molecule has 1 saturated heterocycles. The average molecular weight is 328 g/mol. The van der Waals surface area contributed by atoms with Crippen molar-refractivity contribution in [2.45, 2.75) is 45.8 Å². The highest BCUT2D eigenvalue weighted by molar-refractivity contribution is 5.96. The molecule has 0 aliphatic carbocycles. The van der Waals surface area contributed by atoms with Crippen LogP contribution < -0.4 is 0 Å². The van der Waals surface area contributed by atoms with Gasteiger partial charge in [0.25, 0.3) is 5.91 Å². The van der Waals surface area contributed by atoms with Gasteiger partial charge in [0.15, 0.2) is 0 Å². The summed E-state index contributed by atoms with van der Waals surface area (Å²) in [6.07, 6.45) is 3.76. The first kappa shape index (κ1) is 15.3. The van der Waals surface area contributed by atoms with Crippen molar-refractivity contribution >= 4 is 5.91 Å². The molecule has 4 rings (SSSR count). The Hall–Kier alpha value is -2.28. The van der Waals surface area contributed by atoms with Gasteiger partial charge in [-0.3, -0.25) is 4.79 Å². The van der Waals surface area contributed by atoms with Crippen molar-refractivity contribution < 1.29 is 14.1 Å². The van der Waals surface area contributed by atoms with E-state index in [4.69, 9.17) is 9.26 Å². The largest absolute Gasteiger partial charge is 0.361 e. The maximum absolute atomic E-state index is 12.7. The van der Waals surface area contributed by atoms with Crippen LogP contribution in [0.15, 0.2) is 10.7 Å². The van der Waals surface area contributed by atoms with E-state index in [1.807, 2.05) is 6.20 Å². The molecule has 0 aromatic carbocycles. The van der Waals surface area contributed by atoms with Crippen molar-refractivity contribution in [3.05, 3.63) is 40.3 Å². The summed E-state index contributed by atoms with van der Waals surface area (Å²) in [4.78, 5) is 23.5. The monoisotopic (exact) mass is 328 g/mol. The van der Waals surface area contributed by atoms with Crippen LogP contribution in [0.1, 0.15) is 52.2 Å². The number of aryl methyl sites for hydroxylation is 3. The lowest BCUT2D eigenvalue weighted by atomic mass is 9.87. The average Bonchev–Trinajstić information content (AvgIpc) is 3.06. The molecule has 0 bridgehead atoms. The zero-order valence-corrected chi connectivity index (χ0v) is 14.1. The third kappa shape index (κ3) is 2.15. The zero-order chi connectivity index (χ0) is 16.9. The molecule has 0 N–H and O–H groups in total. The SMILES string of the molecule is CCCc1ncc2c(n1)COC21CN(C(=O)c2c(C)noc2C)C1. The Labute approximate surface area is 140 Å². The fourth-order valence-electron chi connectivity index (χ4n) is 3.50. The molecule has 7 nitrogen and oxygen atoms in total. The summed E-state index contributed by atoms with van der Waals surface area (Å²) >= 11 is 0.